The minimum Gasteiger partial charge on any atom is -0.477 e. The number of aliphatic hydroxyl groups excluding tert-OH is 2. The number of benzene rings is 3. The molecule has 4 fully saturated rings. The van der Waals surface area contributed by atoms with Crippen molar-refractivity contribution in [2.24, 2.45) is 11.8 Å². The molecule has 11 nitrogen and oxygen atoms in total. The van der Waals surface area contributed by atoms with Crippen LogP contribution >= 0.6 is 0 Å². The second-order valence-electron chi connectivity index (χ2n) is 15.4. The summed E-state index contributed by atoms with van der Waals surface area (Å²) in [5.74, 6) is -2.51. The molecule has 0 unspecified atom stereocenters. The monoisotopic (exact) mass is 692 g/mol. The summed E-state index contributed by atoms with van der Waals surface area (Å²) in [7, 11) is 0. The Kier molecular flexibility index (Phi) is 8.02. The molecule has 264 valence electrons. The summed E-state index contributed by atoms with van der Waals surface area (Å²) in [4.78, 5) is 53.4. The van der Waals surface area contributed by atoms with Gasteiger partial charge >= 0.3 is 5.97 Å². The minimum atomic E-state index is -1.18. The number of β-lactam (4-membered cyclic amide) rings is 1. The van der Waals surface area contributed by atoms with Crippen molar-refractivity contribution in [1.82, 2.24) is 4.90 Å². The first-order valence-corrected chi connectivity index (χ1v) is 17.9. The van der Waals surface area contributed by atoms with Crippen molar-refractivity contribution in [3.05, 3.63) is 94.2 Å². The van der Waals surface area contributed by atoms with E-state index in [1.54, 1.807) is 19.1 Å². The van der Waals surface area contributed by atoms with E-state index in [0.717, 1.165) is 82.7 Å². The molecule has 3 aromatic carbocycles. The highest BCUT2D eigenvalue weighted by Gasteiger charge is 2.60. The van der Waals surface area contributed by atoms with Crippen LogP contribution in [0.15, 0.2) is 66.4 Å². The number of carboxylic acid groups (broad SMARTS) is 1. The number of aliphatic hydroxyl groups is 2. The Bertz CT molecular complexity index is 1990. The van der Waals surface area contributed by atoms with Crippen LogP contribution in [0.25, 0.3) is 16.7 Å². The Morgan fingerprint density at radius 2 is 1.51 bits per heavy atom. The van der Waals surface area contributed by atoms with E-state index in [-0.39, 0.29) is 35.8 Å². The number of carboxylic acids is 1. The molecule has 51 heavy (non-hydrogen) atoms. The second kappa shape index (κ2) is 12.2. The normalized spacial score (nSPS) is 27.9. The molecule has 0 spiro atoms. The van der Waals surface area contributed by atoms with E-state index in [1.165, 1.54) is 4.90 Å². The van der Waals surface area contributed by atoms with Crippen molar-refractivity contribution in [2.45, 2.75) is 39.0 Å². The van der Waals surface area contributed by atoms with Crippen LogP contribution in [0.3, 0.4) is 0 Å². The third-order valence-electron chi connectivity index (χ3n) is 12.3. The summed E-state index contributed by atoms with van der Waals surface area (Å²) in [6.07, 6.45) is -0.285. The van der Waals surface area contributed by atoms with E-state index >= 15 is 0 Å². The molecule has 4 saturated heterocycles. The topological polar surface area (TPSA) is 144 Å². The summed E-state index contributed by atoms with van der Waals surface area (Å²) < 4.78 is 1.73. The number of rotatable bonds is 10. The van der Waals surface area contributed by atoms with Gasteiger partial charge < -0.3 is 34.5 Å². The Labute approximate surface area is 296 Å². The predicted octanol–water partition coefficient (Wildman–Crippen LogP) is 2.89. The van der Waals surface area contributed by atoms with Gasteiger partial charge in [0.2, 0.25) is 5.91 Å². The third kappa shape index (κ3) is 5.42. The number of quaternary nitrogens is 2. The van der Waals surface area contributed by atoms with Gasteiger partial charge in [0.15, 0.2) is 12.3 Å². The Hall–Kier alpha value is -4.68. The summed E-state index contributed by atoms with van der Waals surface area (Å²) in [6.45, 7) is 10.5. The van der Waals surface area contributed by atoms with Crippen LogP contribution in [0, 0.1) is 11.8 Å². The number of amides is 2. The van der Waals surface area contributed by atoms with E-state index < -0.39 is 24.0 Å². The number of ketones is 1. The van der Waals surface area contributed by atoms with Crippen LogP contribution in [0.1, 0.15) is 46.5 Å². The van der Waals surface area contributed by atoms with Crippen molar-refractivity contribution in [3.63, 3.8) is 0 Å². The lowest BCUT2D eigenvalue weighted by atomic mass is 9.76. The third-order valence-corrected chi connectivity index (χ3v) is 12.3. The van der Waals surface area contributed by atoms with Gasteiger partial charge in [0.05, 0.1) is 18.1 Å². The fourth-order valence-corrected chi connectivity index (χ4v) is 9.54. The molecule has 5 aliphatic heterocycles. The highest BCUT2D eigenvalue weighted by atomic mass is 16.4. The van der Waals surface area contributed by atoms with Gasteiger partial charge in [-0.25, -0.2) is 4.79 Å². The van der Waals surface area contributed by atoms with Crippen LogP contribution in [-0.2, 0) is 27.3 Å². The fourth-order valence-electron chi connectivity index (χ4n) is 9.54. The minimum absolute atomic E-state index is 0.0202. The SMILES string of the molecule is C[C@@H](O)[C@H]1C(=O)N2C(C(=O)O)=C(c3ccc4c(c3)-c3ccc(C[N+]56CC[N+](CC(=O)Nc7ccc(CCO)cc7)(CC5)CC6)cc3C4=O)[C@H](C)[C@H]12. The van der Waals surface area contributed by atoms with Crippen molar-refractivity contribution in [3.8, 4) is 11.1 Å². The van der Waals surface area contributed by atoms with Gasteiger partial charge in [-0.2, -0.15) is 0 Å². The number of piperazine rings is 3. The number of anilines is 1. The summed E-state index contributed by atoms with van der Waals surface area (Å²) in [5, 5.41) is 32.6. The van der Waals surface area contributed by atoms with E-state index in [2.05, 4.69) is 11.4 Å². The van der Waals surface area contributed by atoms with Gasteiger partial charge in [-0.05, 0) is 71.5 Å². The van der Waals surface area contributed by atoms with Gasteiger partial charge in [0.25, 0.3) is 5.91 Å². The molecule has 0 saturated carbocycles. The Balaban J connectivity index is 0.967. The summed E-state index contributed by atoms with van der Waals surface area (Å²) >= 11 is 0. The van der Waals surface area contributed by atoms with Crippen molar-refractivity contribution in [2.75, 3.05) is 57.7 Å². The lowest BCUT2D eigenvalue weighted by Crippen LogP contribution is -2.75. The van der Waals surface area contributed by atoms with E-state index in [9.17, 15) is 29.4 Å². The molecule has 2 bridgehead atoms. The number of hydrogen-bond acceptors (Lipinski definition) is 6. The smallest absolute Gasteiger partial charge is 0.352 e. The van der Waals surface area contributed by atoms with Crippen LogP contribution in [0.5, 0.6) is 0 Å². The molecule has 0 aromatic heterocycles. The number of nitrogens with zero attached hydrogens (tertiary/aromatic N) is 3. The molecule has 9 rings (SSSR count). The lowest BCUT2D eigenvalue weighted by molar-refractivity contribution is -1.08. The molecule has 3 aromatic rings. The van der Waals surface area contributed by atoms with Gasteiger partial charge in [-0.3, -0.25) is 14.4 Å². The Morgan fingerprint density at radius 1 is 0.863 bits per heavy atom. The van der Waals surface area contributed by atoms with E-state index in [0.29, 0.717) is 35.2 Å². The van der Waals surface area contributed by atoms with Crippen LogP contribution in [-0.4, -0.2) is 117 Å². The maximum Gasteiger partial charge on any atom is 0.352 e. The van der Waals surface area contributed by atoms with Crippen LogP contribution in [0.2, 0.25) is 0 Å². The molecule has 11 heteroatoms. The number of aliphatic carboxylic acids is 1. The quantitative estimate of drug-likeness (QED) is 0.148. The van der Waals surface area contributed by atoms with E-state index in [1.807, 2.05) is 49.4 Å². The number of carbonyl (C=O) groups is 4. The molecule has 4 atom stereocenters. The molecule has 6 aliphatic rings. The van der Waals surface area contributed by atoms with Crippen LogP contribution < -0.4 is 5.32 Å². The van der Waals surface area contributed by atoms with Gasteiger partial charge in [-0.1, -0.05) is 37.3 Å². The standard InChI is InChI=1S/C40H42N4O7/c1-23-34(37(40(50)51)42-36(23)35(24(2)46)39(42)49)27-6-10-30-31(20-27)29-9-5-26(19-32(29)38(30)48)21-43-12-15-44(16-13-43,17-14-43)22-33(47)41-28-7-3-25(4-8-28)11-18-45/h3-10,19-20,23-24,35-36,45-46H,11-18,21-22H2,1-2H3/p+2/t23-,24+,35+,36+,43?,44?/m0/s1. The molecule has 2 amide bonds. The summed E-state index contributed by atoms with van der Waals surface area (Å²) in [5.41, 5.74) is 6.91. The molecule has 0 radical (unpaired) electrons. The number of nitrogens with one attached hydrogen (secondary N) is 1. The maximum absolute atomic E-state index is 13.7. The van der Waals surface area contributed by atoms with Gasteiger partial charge in [0, 0.05) is 34.9 Å². The van der Waals surface area contributed by atoms with Crippen LogP contribution in [0.4, 0.5) is 5.69 Å². The molecule has 5 heterocycles. The first kappa shape index (κ1) is 33.5. The van der Waals surface area contributed by atoms with Gasteiger partial charge in [0.1, 0.15) is 51.5 Å². The van der Waals surface area contributed by atoms with E-state index in [4.69, 9.17) is 5.11 Å². The fraction of sp³-hybridized carbons (Fsp3) is 0.400. The van der Waals surface area contributed by atoms with Crippen molar-refractivity contribution >= 4 is 34.8 Å². The number of hydrogen-bond donors (Lipinski definition) is 4. The lowest BCUT2D eigenvalue weighted by Gasteiger charge is -2.55. The zero-order chi connectivity index (χ0) is 35.8. The largest absolute Gasteiger partial charge is 0.477 e. The molecule has 1 aliphatic carbocycles. The van der Waals surface area contributed by atoms with Crippen molar-refractivity contribution in [1.29, 1.82) is 0 Å². The number of fused-ring (bicyclic) bond motifs is 7. The first-order valence-electron chi connectivity index (χ1n) is 17.9. The molecular formula is C40H44N4O7+2. The average molecular weight is 693 g/mol. The first-order chi connectivity index (χ1) is 24.4. The number of carbonyl (C=O) groups excluding carboxylic acids is 3. The van der Waals surface area contributed by atoms with Crippen molar-refractivity contribution < 1.29 is 43.5 Å². The van der Waals surface area contributed by atoms with Gasteiger partial charge in [-0.15, -0.1) is 0 Å². The summed E-state index contributed by atoms with van der Waals surface area (Å²) in [6, 6.07) is 18.8. The average Bonchev–Trinajstić information content (AvgIpc) is 3.53. The predicted molar refractivity (Wildman–Crippen MR) is 189 cm³/mol. The Morgan fingerprint density at radius 3 is 2.16 bits per heavy atom. The zero-order valence-corrected chi connectivity index (χ0v) is 29.0. The molecule has 4 N–H and O–H groups in total. The zero-order valence-electron chi connectivity index (χ0n) is 29.0. The molecular weight excluding hydrogens is 648 g/mol. The maximum atomic E-state index is 13.7. The second-order valence-corrected chi connectivity index (χ2v) is 15.4. The highest BCUT2D eigenvalue weighted by Crippen LogP contribution is 2.51. The highest BCUT2D eigenvalue weighted by molar-refractivity contribution is 6.22.